The Morgan fingerprint density at radius 1 is 1.00 bits per heavy atom. The molecule has 4 rings (SSSR count). The fraction of sp³-hybridized carbons (Fsp3) is 0.231. The van der Waals surface area contributed by atoms with E-state index in [9.17, 15) is 4.79 Å². The van der Waals surface area contributed by atoms with E-state index >= 15 is 0 Å². The maximum atomic E-state index is 12.1. The van der Waals surface area contributed by atoms with Gasteiger partial charge in [0.1, 0.15) is 21.5 Å². The van der Waals surface area contributed by atoms with Gasteiger partial charge in [-0.3, -0.25) is 0 Å². The van der Waals surface area contributed by atoms with Gasteiger partial charge in [0.15, 0.2) is 0 Å². The van der Waals surface area contributed by atoms with Crippen LogP contribution in [0.5, 0.6) is 17.4 Å². The lowest BCUT2D eigenvalue weighted by Gasteiger charge is -2.14. The van der Waals surface area contributed by atoms with Gasteiger partial charge in [-0.25, -0.2) is 9.78 Å². The second kappa shape index (κ2) is 10.4. The van der Waals surface area contributed by atoms with Crippen LogP contribution in [0.25, 0.3) is 10.6 Å². The number of rotatable bonds is 8. The normalized spacial score (nSPS) is 10.9. The topological polar surface area (TPSA) is 83.4 Å². The van der Waals surface area contributed by atoms with Crippen molar-refractivity contribution >= 4 is 17.3 Å². The van der Waals surface area contributed by atoms with Crippen LogP contribution in [-0.4, -0.2) is 35.4 Å². The Morgan fingerprint density at radius 2 is 1.79 bits per heavy atom. The molecule has 0 unspecified atom stereocenters. The van der Waals surface area contributed by atoms with Gasteiger partial charge < -0.3 is 14.2 Å². The molecule has 0 saturated carbocycles. The number of carbonyl (C=O) groups excluding carboxylic acids is 1. The summed E-state index contributed by atoms with van der Waals surface area (Å²) in [5.41, 5.74) is 3.17. The van der Waals surface area contributed by atoms with Crippen molar-refractivity contribution in [1.82, 2.24) is 15.2 Å². The second-order valence-corrected chi connectivity index (χ2v) is 8.90. The third kappa shape index (κ3) is 5.23. The summed E-state index contributed by atoms with van der Waals surface area (Å²) in [6.07, 6.45) is 2.21. The van der Waals surface area contributed by atoms with Crippen molar-refractivity contribution in [3.8, 4) is 28.0 Å². The Hall–Kier alpha value is -3.78. The molecule has 0 bridgehead atoms. The van der Waals surface area contributed by atoms with Gasteiger partial charge in [-0.2, -0.15) is 0 Å². The van der Waals surface area contributed by atoms with E-state index in [0.717, 1.165) is 26.7 Å². The SMILES string of the molecule is COC(=O)c1ccc(Cc2cccnc2OC)c(Oc2ccc(-c3nnc(C(C)C)s3)cc2)c1. The molecule has 8 heteroatoms. The number of aromatic nitrogens is 3. The van der Waals surface area contributed by atoms with Crippen LogP contribution in [0.2, 0.25) is 0 Å². The van der Waals surface area contributed by atoms with Crippen molar-refractivity contribution in [2.45, 2.75) is 26.2 Å². The first kappa shape index (κ1) is 23.4. The molecule has 2 aromatic carbocycles. The lowest BCUT2D eigenvalue weighted by Crippen LogP contribution is -2.03. The number of hydrogen-bond donors (Lipinski definition) is 0. The summed E-state index contributed by atoms with van der Waals surface area (Å²) < 4.78 is 16.5. The predicted molar refractivity (Wildman–Crippen MR) is 131 cm³/mol. The Kier molecular flexibility index (Phi) is 7.18. The van der Waals surface area contributed by atoms with E-state index in [1.807, 2.05) is 42.5 Å². The van der Waals surface area contributed by atoms with Gasteiger partial charge in [0.05, 0.1) is 19.8 Å². The molecular formula is C26H25N3O4S. The standard InChI is InChI=1S/C26H25N3O4S/c1-16(2)24-28-29-25(34-24)17-9-11-21(12-10-17)33-22-15-20(26(30)32-4)8-7-18(22)14-19-6-5-13-27-23(19)31-3/h5-13,15-16H,14H2,1-4H3. The summed E-state index contributed by atoms with van der Waals surface area (Å²) in [6.45, 7) is 4.20. The van der Waals surface area contributed by atoms with Crippen LogP contribution in [0.15, 0.2) is 60.8 Å². The third-order valence-electron chi connectivity index (χ3n) is 5.18. The highest BCUT2D eigenvalue weighted by molar-refractivity contribution is 7.14. The average Bonchev–Trinajstić information content (AvgIpc) is 3.36. The van der Waals surface area contributed by atoms with Gasteiger partial charge in [0, 0.05) is 29.7 Å². The number of carbonyl (C=O) groups is 1. The molecule has 0 aliphatic carbocycles. The zero-order valence-corrected chi connectivity index (χ0v) is 20.3. The van der Waals surface area contributed by atoms with Crippen LogP contribution in [0.1, 0.15) is 46.3 Å². The molecule has 4 aromatic rings. The van der Waals surface area contributed by atoms with Gasteiger partial charge >= 0.3 is 5.97 Å². The first-order valence-corrected chi connectivity index (χ1v) is 11.6. The van der Waals surface area contributed by atoms with E-state index < -0.39 is 5.97 Å². The van der Waals surface area contributed by atoms with Crippen LogP contribution in [0.4, 0.5) is 0 Å². The molecule has 0 aliphatic rings. The van der Waals surface area contributed by atoms with Crippen LogP contribution < -0.4 is 9.47 Å². The fourth-order valence-electron chi connectivity index (χ4n) is 3.37. The molecule has 0 spiro atoms. The quantitative estimate of drug-likeness (QED) is 0.293. The highest BCUT2D eigenvalue weighted by atomic mass is 32.1. The Morgan fingerprint density at radius 3 is 2.47 bits per heavy atom. The molecule has 0 N–H and O–H groups in total. The number of esters is 1. The van der Waals surface area contributed by atoms with Crippen molar-refractivity contribution in [2.24, 2.45) is 0 Å². The fourth-order valence-corrected chi connectivity index (χ4v) is 4.22. The van der Waals surface area contributed by atoms with Crippen molar-refractivity contribution in [3.63, 3.8) is 0 Å². The average molecular weight is 476 g/mol. The van der Waals surface area contributed by atoms with Gasteiger partial charge in [-0.15, -0.1) is 10.2 Å². The minimum Gasteiger partial charge on any atom is -0.481 e. The smallest absolute Gasteiger partial charge is 0.337 e. The van der Waals surface area contributed by atoms with Crippen molar-refractivity contribution < 1.29 is 19.0 Å². The number of methoxy groups -OCH3 is 2. The highest BCUT2D eigenvalue weighted by Crippen LogP contribution is 2.33. The molecule has 0 aliphatic heterocycles. The number of ether oxygens (including phenoxy) is 3. The number of nitrogens with zero attached hydrogens (tertiary/aromatic N) is 3. The Labute approximate surface area is 202 Å². The molecule has 0 saturated heterocycles. The molecule has 2 heterocycles. The summed E-state index contributed by atoms with van der Waals surface area (Å²) in [5, 5.41) is 10.4. The van der Waals surface area contributed by atoms with Gasteiger partial charge in [-0.1, -0.05) is 37.3 Å². The lowest BCUT2D eigenvalue weighted by atomic mass is 10.0. The molecule has 0 atom stereocenters. The zero-order valence-electron chi connectivity index (χ0n) is 19.4. The van der Waals surface area contributed by atoms with E-state index in [0.29, 0.717) is 35.3 Å². The van der Waals surface area contributed by atoms with Crippen molar-refractivity contribution in [2.75, 3.05) is 14.2 Å². The van der Waals surface area contributed by atoms with Gasteiger partial charge in [0.2, 0.25) is 5.88 Å². The lowest BCUT2D eigenvalue weighted by molar-refractivity contribution is 0.0600. The minimum atomic E-state index is -0.428. The van der Waals surface area contributed by atoms with Crippen LogP contribution >= 0.6 is 11.3 Å². The Bertz CT molecular complexity index is 1290. The number of pyridine rings is 1. The maximum absolute atomic E-state index is 12.1. The third-order valence-corrected chi connectivity index (χ3v) is 6.45. The molecular weight excluding hydrogens is 450 g/mol. The summed E-state index contributed by atoms with van der Waals surface area (Å²) in [7, 11) is 2.95. The Balaban J connectivity index is 1.63. The molecule has 0 amide bonds. The van der Waals surface area contributed by atoms with Crippen LogP contribution in [0, 0.1) is 0 Å². The number of benzene rings is 2. The molecule has 34 heavy (non-hydrogen) atoms. The highest BCUT2D eigenvalue weighted by Gasteiger charge is 2.15. The van der Waals surface area contributed by atoms with E-state index in [-0.39, 0.29) is 0 Å². The zero-order chi connectivity index (χ0) is 24.1. The minimum absolute atomic E-state index is 0.341. The van der Waals surface area contributed by atoms with Crippen molar-refractivity contribution in [3.05, 3.63) is 82.5 Å². The van der Waals surface area contributed by atoms with E-state index in [1.165, 1.54) is 7.11 Å². The molecule has 174 valence electrons. The summed E-state index contributed by atoms with van der Waals surface area (Å²) >= 11 is 1.59. The molecule has 0 fully saturated rings. The first-order valence-electron chi connectivity index (χ1n) is 10.8. The van der Waals surface area contributed by atoms with E-state index in [1.54, 1.807) is 36.8 Å². The summed E-state index contributed by atoms with van der Waals surface area (Å²) in [6, 6.07) is 16.7. The molecule has 0 radical (unpaired) electrons. The van der Waals surface area contributed by atoms with Crippen LogP contribution in [0.3, 0.4) is 0 Å². The van der Waals surface area contributed by atoms with E-state index in [4.69, 9.17) is 14.2 Å². The predicted octanol–water partition coefficient (Wildman–Crippen LogP) is 5.90. The largest absolute Gasteiger partial charge is 0.481 e. The molecule has 7 nitrogen and oxygen atoms in total. The second-order valence-electron chi connectivity index (χ2n) is 7.89. The molecule has 2 aromatic heterocycles. The summed E-state index contributed by atoms with van der Waals surface area (Å²) in [4.78, 5) is 16.4. The summed E-state index contributed by atoms with van der Waals surface area (Å²) in [5.74, 6) is 1.65. The van der Waals surface area contributed by atoms with Crippen molar-refractivity contribution in [1.29, 1.82) is 0 Å². The van der Waals surface area contributed by atoms with Gasteiger partial charge in [-0.05, 0) is 48.0 Å². The number of hydrogen-bond acceptors (Lipinski definition) is 8. The van der Waals surface area contributed by atoms with E-state index in [2.05, 4.69) is 29.0 Å². The maximum Gasteiger partial charge on any atom is 0.337 e. The van der Waals surface area contributed by atoms with Crippen LogP contribution in [-0.2, 0) is 11.2 Å². The van der Waals surface area contributed by atoms with Gasteiger partial charge in [0.25, 0.3) is 0 Å². The monoisotopic (exact) mass is 475 g/mol. The first-order chi connectivity index (χ1) is 16.5.